The number of carbonyl (C=O) groups excluding carboxylic acids is 2. The van der Waals surface area contributed by atoms with Gasteiger partial charge in [-0.05, 0) is 49.8 Å². The molecule has 0 bridgehead atoms. The number of nitrogens with zero attached hydrogens (tertiary/aromatic N) is 1. The van der Waals surface area contributed by atoms with Crippen molar-refractivity contribution in [2.45, 2.75) is 57.9 Å². The van der Waals surface area contributed by atoms with Gasteiger partial charge in [0.05, 0.1) is 0 Å². The fourth-order valence-electron chi connectivity index (χ4n) is 5.82. The largest absolute Gasteiger partial charge is 0.362 e. The third-order valence-corrected chi connectivity index (χ3v) is 7.40. The number of fused-ring (bicyclic) bond motifs is 1. The smallest absolute Gasteiger partial charge is 0.161 e. The summed E-state index contributed by atoms with van der Waals surface area (Å²) in [7, 11) is 0. The van der Waals surface area contributed by atoms with E-state index in [0.717, 1.165) is 71.2 Å². The summed E-state index contributed by atoms with van der Waals surface area (Å²) in [6.45, 7) is 2.86. The Bertz CT molecular complexity index is 1310. The minimum Gasteiger partial charge on any atom is -0.362 e. The summed E-state index contributed by atoms with van der Waals surface area (Å²) in [5.41, 5.74) is 8.45. The van der Waals surface area contributed by atoms with Crippen molar-refractivity contribution in [2.75, 3.05) is 0 Å². The molecule has 4 heteroatoms. The third-order valence-electron chi connectivity index (χ3n) is 7.40. The minimum absolute atomic E-state index is 0.189. The van der Waals surface area contributed by atoms with Crippen molar-refractivity contribution in [1.29, 1.82) is 0 Å². The van der Waals surface area contributed by atoms with Crippen molar-refractivity contribution < 1.29 is 9.59 Å². The van der Waals surface area contributed by atoms with E-state index in [9.17, 15) is 9.59 Å². The Kier molecular flexibility index (Phi) is 4.83. The third kappa shape index (κ3) is 3.36. The van der Waals surface area contributed by atoms with Crippen molar-refractivity contribution in [3.05, 3.63) is 94.0 Å². The summed E-state index contributed by atoms with van der Waals surface area (Å²) in [5.74, 6) is 0.115. The first-order valence-corrected chi connectivity index (χ1v) is 12.0. The van der Waals surface area contributed by atoms with Crippen molar-refractivity contribution in [1.82, 2.24) is 9.88 Å². The maximum absolute atomic E-state index is 13.2. The van der Waals surface area contributed by atoms with Crippen LogP contribution in [0.1, 0.15) is 61.1 Å². The van der Waals surface area contributed by atoms with Crippen molar-refractivity contribution in [3.63, 3.8) is 0 Å². The van der Waals surface area contributed by atoms with Crippen molar-refractivity contribution in [3.8, 4) is 0 Å². The Balaban J connectivity index is 1.55. The number of allylic oxidation sites excluding steroid dienone is 4. The van der Waals surface area contributed by atoms with Crippen LogP contribution in [0.3, 0.4) is 0 Å². The summed E-state index contributed by atoms with van der Waals surface area (Å²) in [5, 5.41) is 4.66. The summed E-state index contributed by atoms with van der Waals surface area (Å²) in [6.07, 6.45) is 6.84. The van der Waals surface area contributed by atoms with Gasteiger partial charge in [0.2, 0.25) is 0 Å². The highest BCUT2D eigenvalue weighted by Gasteiger charge is 2.41. The lowest BCUT2D eigenvalue weighted by Gasteiger charge is -2.37. The van der Waals surface area contributed by atoms with Gasteiger partial charge in [-0.25, -0.2) is 0 Å². The van der Waals surface area contributed by atoms with Crippen molar-refractivity contribution in [2.24, 2.45) is 0 Å². The molecule has 4 nitrogen and oxygen atoms in total. The number of rotatable bonds is 3. The number of hydrogen-bond acceptors (Lipinski definition) is 3. The van der Waals surface area contributed by atoms with Gasteiger partial charge in [-0.3, -0.25) is 9.59 Å². The topological polar surface area (TPSA) is 51.1 Å². The molecule has 3 aliphatic rings. The van der Waals surface area contributed by atoms with Gasteiger partial charge in [-0.1, -0.05) is 48.0 Å². The molecular weight excluding hydrogens is 408 g/mol. The van der Waals surface area contributed by atoms with E-state index < -0.39 is 0 Å². The zero-order valence-corrected chi connectivity index (χ0v) is 19.0. The zero-order chi connectivity index (χ0) is 22.5. The fourth-order valence-corrected chi connectivity index (χ4v) is 5.82. The second kappa shape index (κ2) is 7.87. The molecule has 0 spiro atoms. The average molecular weight is 437 g/mol. The average Bonchev–Trinajstić information content (AvgIpc) is 3.18. The number of dihydropyridines is 1. The summed E-state index contributed by atoms with van der Waals surface area (Å²) in [4.78, 5) is 26.4. The molecule has 166 valence electrons. The molecule has 0 fully saturated rings. The molecule has 1 aromatic heterocycles. The highest BCUT2D eigenvalue weighted by Crippen LogP contribution is 2.47. The fraction of sp³-hybridized carbons (Fsp3) is 0.310. The quantitative estimate of drug-likeness (QED) is 0.573. The van der Waals surface area contributed by atoms with E-state index in [1.807, 2.05) is 0 Å². The van der Waals surface area contributed by atoms with Crippen LogP contribution >= 0.6 is 0 Å². The molecule has 2 aliphatic carbocycles. The lowest BCUT2D eigenvalue weighted by Crippen LogP contribution is -2.36. The first-order valence-electron chi connectivity index (χ1n) is 12.0. The summed E-state index contributed by atoms with van der Waals surface area (Å²) in [6, 6.07) is 17.0. The van der Waals surface area contributed by atoms with Crippen molar-refractivity contribution >= 4 is 22.5 Å². The first-order chi connectivity index (χ1) is 16.1. The van der Waals surface area contributed by atoms with Crippen LogP contribution in [-0.2, 0) is 16.1 Å². The van der Waals surface area contributed by atoms with E-state index in [2.05, 4.69) is 71.5 Å². The molecule has 0 radical (unpaired) electrons. The van der Waals surface area contributed by atoms with Crippen LogP contribution in [0.4, 0.5) is 0 Å². The Labute approximate surface area is 194 Å². The molecule has 3 aromatic rings. The number of para-hydroxylation sites is 1. The Morgan fingerprint density at radius 2 is 1.48 bits per heavy atom. The van der Waals surface area contributed by atoms with Gasteiger partial charge in [0.25, 0.3) is 0 Å². The van der Waals surface area contributed by atoms with Crippen LogP contribution in [0.15, 0.2) is 77.3 Å². The molecule has 0 saturated carbocycles. The molecule has 1 aliphatic heterocycles. The van der Waals surface area contributed by atoms with Gasteiger partial charge in [-0.2, -0.15) is 0 Å². The molecule has 1 N–H and O–H groups in total. The van der Waals surface area contributed by atoms with Crippen LogP contribution < -0.4 is 5.32 Å². The van der Waals surface area contributed by atoms with E-state index in [4.69, 9.17) is 0 Å². The number of carbonyl (C=O) groups is 2. The van der Waals surface area contributed by atoms with E-state index in [0.29, 0.717) is 12.8 Å². The van der Waals surface area contributed by atoms with E-state index in [-0.39, 0.29) is 17.5 Å². The number of ketones is 2. The highest BCUT2D eigenvalue weighted by molar-refractivity contribution is 6.07. The standard InChI is InChI=1S/C29H28N2O2/c1-18-12-14-19(15-13-18)16-31-17-21(20-6-2-3-9-24(20)31)27-28-22(7-4-10-25(28)32)30-23-8-5-11-26(33)29(23)27/h2-3,6,9,12-15,17,27,30H,4-5,7-8,10-11,16H2,1H3. The van der Waals surface area contributed by atoms with Gasteiger partial charge >= 0.3 is 0 Å². The predicted molar refractivity (Wildman–Crippen MR) is 130 cm³/mol. The zero-order valence-electron chi connectivity index (χ0n) is 19.0. The molecule has 2 aromatic carbocycles. The second-order valence-electron chi connectivity index (χ2n) is 9.61. The van der Waals surface area contributed by atoms with E-state index >= 15 is 0 Å². The number of hydrogen-bond donors (Lipinski definition) is 1. The lowest BCUT2D eigenvalue weighted by atomic mass is 9.71. The minimum atomic E-state index is -0.263. The van der Waals surface area contributed by atoms with Gasteiger partial charge in [0.1, 0.15) is 0 Å². The predicted octanol–water partition coefficient (Wildman–Crippen LogP) is 5.70. The van der Waals surface area contributed by atoms with Gasteiger partial charge in [-0.15, -0.1) is 0 Å². The van der Waals surface area contributed by atoms with Gasteiger partial charge in [0.15, 0.2) is 11.6 Å². The number of Topliss-reactive ketones (excluding diaryl/α,β-unsaturated/α-hetero) is 2. The molecule has 6 rings (SSSR count). The van der Waals surface area contributed by atoms with Crippen LogP contribution in [0.2, 0.25) is 0 Å². The number of nitrogens with one attached hydrogen (secondary N) is 1. The molecule has 2 heterocycles. The van der Waals surface area contributed by atoms with Gasteiger partial charge in [0, 0.05) is 64.9 Å². The Morgan fingerprint density at radius 1 is 0.848 bits per heavy atom. The normalized spacial score (nSPS) is 19.1. The lowest BCUT2D eigenvalue weighted by molar-refractivity contribution is -0.116. The maximum atomic E-state index is 13.2. The van der Waals surface area contributed by atoms with Crippen LogP contribution in [0.25, 0.3) is 10.9 Å². The maximum Gasteiger partial charge on any atom is 0.161 e. The van der Waals surface area contributed by atoms with E-state index in [1.165, 1.54) is 11.1 Å². The summed E-state index contributed by atoms with van der Waals surface area (Å²) < 4.78 is 2.28. The second-order valence-corrected chi connectivity index (χ2v) is 9.61. The summed E-state index contributed by atoms with van der Waals surface area (Å²) >= 11 is 0. The monoisotopic (exact) mass is 436 g/mol. The molecular formula is C29H28N2O2. The Morgan fingerprint density at radius 3 is 2.15 bits per heavy atom. The molecule has 0 unspecified atom stereocenters. The van der Waals surface area contributed by atoms with Gasteiger partial charge < -0.3 is 9.88 Å². The van der Waals surface area contributed by atoms with Crippen LogP contribution in [0.5, 0.6) is 0 Å². The van der Waals surface area contributed by atoms with Crippen LogP contribution in [-0.4, -0.2) is 16.1 Å². The molecule has 0 amide bonds. The number of aryl methyl sites for hydroxylation is 1. The molecule has 33 heavy (non-hydrogen) atoms. The number of aromatic nitrogens is 1. The first kappa shape index (κ1) is 20.2. The SMILES string of the molecule is Cc1ccc(Cn2cc(C3C4=C(CCCC4=O)NC4=C3C(=O)CCC4)c3ccccc32)cc1. The number of benzene rings is 2. The molecule has 0 saturated heterocycles. The Hall–Kier alpha value is -3.40. The molecule has 0 atom stereocenters. The van der Waals surface area contributed by atoms with E-state index in [1.54, 1.807) is 0 Å². The van der Waals surface area contributed by atoms with Crippen LogP contribution in [0, 0.1) is 6.92 Å². The highest BCUT2D eigenvalue weighted by atomic mass is 16.1.